The molecule has 2 aromatic carbocycles. The molecule has 0 atom stereocenters. The number of esters is 1. The second-order valence-corrected chi connectivity index (χ2v) is 9.40. The van der Waals surface area contributed by atoms with Crippen molar-refractivity contribution in [2.75, 3.05) is 13.1 Å². The Bertz CT molecular complexity index is 1490. The van der Waals surface area contributed by atoms with Gasteiger partial charge in [-0.05, 0) is 43.4 Å². The lowest BCUT2D eigenvalue weighted by Gasteiger charge is -2.33. The molecule has 6 nitrogen and oxygen atoms in total. The Morgan fingerprint density at radius 1 is 1.17 bits per heavy atom. The van der Waals surface area contributed by atoms with Gasteiger partial charge in [0.25, 0.3) is 0 Å². The molecule has 0 amide bonds. The minimum absolute atomic E-state index is 0.0384. The molecule has 2 aliphatic rings. The van der Waals surface area contributed by atoms with Gasteiger partial charge in [0.05, 0.1) is 28.9 Å². The zero-order chi connectivity index (χ0) is 24.2. The molecule has 0 unspecified atom stereocenters. The summed E-state index contributed by atoms with van der Waals surface area (Å²) in [5, 5.41) is 4.39. The molecule has 0 radical (unpaired) electrons. The van der Waals surface area contributed by atoms with E-state index in [9.17, 15) is 9.59 Å². The summed E-state index contributed by atoms with van der Waals surface area (Å²) in [6.45, 7) is 1.75. The first-order chi connectivity index (χ1) is 17.0. The lowest BCUT2D eigenvalue weighted by Crippen LogP contribution is -2.40. The van der Waals surface area contributed by atoms with Crippen LogP contribution >= 0.6 is 11.6 Å². The van der Waals surface area contributed by atoms with Crippen LogP contribution in [-0.2, 0) is 16.9 Å². The molecule has 1 saturated heterocycles. The van der Waals surface area contributed by atoms with Crippen molar-refractivity contribution in [1.29, 1.82) is 0 Å². The zero-order valence-electron chi connectivity index (χ0n) is 18.7. The molecule has 1 N–H and O–H groups in total. The number of ketones is 1. The van der Waals surface area contributed by atoms with Crippen molar-refractivity contribution in [2.45, 2.75) is 25.0 Å². The van der Waals surface area contributed by atoms with Crippen LogP contribution < -0.4 is 5.32 Å². The monoisotopic (exact) mass is 489 g/mol. The Morgan fingerprint density at radius 3 is 2.77 bits per heavy atom. The topological polar surface area (TPSA) is 73.2 Å². The zero-order valence-corrected chi connectivity index (χ0v) is 19.4. The highest BCUT2D eigenvalue weighted by Gasteiger charge is 2.48. The van der Waals surface area contributed by atoms with Crippen molar-refractivity contribution in [1.82, 2.24) is 14.9 Å². The number of halogens is 2. The van der Waals surface area contributed by atoms with Gasteiger partial charge in [0.2, 0.25) is 0 Å². The van der Waals surface area contributed by atoms with Crippen LogP contribution in [-0.4, -0.2) is 34.4 Å². The Labute approximate surface area is 205 Å². The molecular formula is C27H21ClFN3O3. The predicted octanol–water partition coefficient (Wildman–Crippen LogP) is 4.86. The van der Waals surface area contributed by atoms with Gasteiger partial charge in [0.1, 0.15) is 11.4 Å². The van der Waals surface area contributed by atoms with Crippen LogP contribution in [0.3, 0.4) is 0 Å². The highest BCUT2D eigenvalue weighted by atomic mass is 35.5. The predicted molar refractivity (Wildman–Crippen MR) is 129 cm³/mol. The van der Waals surface area contributed by atoms with Gasteiger partial charge in [-0.1, -0.05) is 29.8 Å². The fourth-order valence-corrected chi connectivity index (χ4v) is 5.42. The van der Waals surface area contributed by atoms with Crippen molar-refractivity contribution in [3.05, 3.63) is 99.7 Å². The summed E-state index contributed by atoms with van der Waals surface area (Å²) in [7, 11) is 0. The summed E-state index contributed by atoms with van der Waals surface area (Å²) >= 11 is 6.26. The third kappa shape index (κ3) is 3.54. The Balaban J connectivity index is 1.50. The van der Waals surface area contributed by atoms with Gasteiger partial charge < -0.3 is 14.6 Å². The summed E-state index contributed by atoms with van der Waals surface area (Å²) in [6.07, 6.45) is 4.53. The average molecular weight is 490 g/mol. The SMILES string of the molecule is O=C1OC2(CCNCC2)c2ccc(F)c(C(=O)c3cn(Cc4ccccn4)c4cc(Cl)ccc34)c21. The highest BCUT2D eigenvalue weighted by molar-refractivity contribution is 6.31. The molecule has 2 aromatic heterocycles. The number of ether oxygens (including phenoxy) is 1. The van der Waals surface area contributed by atoms with E-state index in [1.807, 2.05) is 22.8 Å². The van der Waals surface area contributed by atoms with Crippen molar-refractivity contribution in [2.24, 2.45) is 0 Å². The van der Waals surface area contributed by atoms with Gasteiger partial charge in [0.15, 0.2) is 5.78 Å². The number of carbonyl (C=O) groups excluding carboxylic acids is 2. The lowest BCUT2D eigenvalue weighted by atomic mass is 9.82. The molecule has 0 bridgehead atoms. The van der Waals surface area contributed by atoms with Crippen LogP contribution in [0, 0.1) is 5.82 Å². The molecule has 4 heterocycles. The average Bonchev–Trinajstić information content (AvgIpc) is 3.34. The first-order valence-corrected chi connectivity index (χ1v) is 11.8. The van der Waals surface area contributed by atoms with Crippen LogP contribution in [0.25, 0.3) is 10.9 Å². The molecule has 35 heavy (non-hydrogen) atoms. The normalized spacial score (nSPS) is 16.5. The molecule has 0 aliphatic carbocycles. The number of hydrogen-bond donors (Lipinski definition) is 1. The molecule has 176 valence electrons. The molecule has 6 rings (SSSR count). The largest absolute Gasteiger partial charge is 0.450 e. The first kappa shape index (κ1) is 21.9. The number of piperidine rings is 1. The molecule has 0 saturated carbocycles. The fraction of sp³-hybridized carbons (Fsp3) is 0.222. The molecule has 1 spiro atoms. The van der Waals surface area contributed by atoms with Crippen molar-refractivity contribution in [3.63, 3.8) is 0 Å². The molecule has 2 aliphatic heterocycles. The Morgan fingerprint density at radius 2 is 2.00 bits per heavy atom. The smallest absolute Gasteiger partial charge is 0.340 e. The van der Waals surface area contributed by atoms with E-state index in [1.165, 1.54) is 6.07 Å². The Kier molecular flexibility index (Phi) is 5.20. The van der Waals surface area contributed by atoms with Crippen LogP contribution in [0.15, 0.2) is 60.9 Å². The number of fused-ring (bicyclic) bond motifs is 3. The number of pyridine rings is 1. The van der Waals surface area contributed by atoms with E-state index in [0.29, 0.717) is 54.0 Å². The number of nitrogens with one attached hydrogen (secondary N) is 1. The van der Waals surface area contributed by atoms with Crippen molar-refractivity contribution in [3.8, 4) is 0 Å². The quantitative estimate of drug-likeness (QED) is 0.327. The van der Waals surface area contributed by atoms with E-state index in [0.717, 1.165) is 11.2 Å². The molecule has 4 aromatic rings. The minimum Gasteiger partial charge on any atom is -0.450 e. The summed E-state index contributed by atoms with van der Waals surface area (Å²) in [6, 6.07) is 13.7. The van der Waals surface area contributed by atoms with E-state index < -0.39 is 23.2 Å². The molecule has 1 fully saturated rings. The van der Waals surface area contributed by atoms with Crippen LogP contribution in [0.5, 0.6) is 0 Å². The number of hydrogen-bond acceptors (Lipinski definition) is 5. The second kappa shape index (κ2) is 8.29. The number of carbonyl (C=O) groups is 2. The summed E-state index contributed by atoms with van der Waals surface area (Å²) in [5.74, 6) is -1.95. The molecular weight excluding hydrogens is 469 g/mol. The first-order valence-electron chi connectivity index (χ1n) is 11.5. The van der Waals surface area contributed by atoms with Crippen LogP contribution in [0.1, 0.15) is 50.4 Å². The maximum Gasteiger partial charge on any atom is 0.340 e. The van der Waals surface area contributed by atoms with Gasteiger partial charge in [-0.3, -0.25) is 9.78 Å². The van der Waals surface area contributed by atoms with E-state index in [2.05, 4.69) is 10.3 Å². The molecule has 8 heteroatoms. The van der Waals surface area contributed by atoms with E-state index >= 15 is 4.39 Å². The lowest BCUT2D eigenvalue weighted by molar-refractivity contribution is -0.0242. The number of rotatable bonds is 4. The second-order valence-electron chi connectivity index (χ2n) is 8.96. The maximum atomic E-state index is 15.2. The fourth-order valence-electron chi connectivity index (χ4n) is 5.25. The number of aromatic nitrogens is 2. The standard InChI is InChI=1S/C27H21ClFN3O3/c28-16-4-5-18-19(15-32(22(18)13-16)14-17-3-1-2-10-31-17)25(33)24-21(29)7-6-20-23(24)26(34)35-27(20)8-11-30-12-9-27/h1-7,10,13,15,30H,8-9,11-12,14H2. The number of benzene rings is 2. The minimum atomic E-state index is -0.819. The van der Waals surface area contributed by atoms with Gasteiger partial charge >= 0.3 is 5.97 Å². The van der Waals surface area contributed by atoms with Gasteiger partial charge in [-0.25, -0.2) is 9.18 Å². The number of nitrogens with zero attached hydrogens (tertiary/aromatic N) is 2. The summed E-state index contributed by atoms with van der Waals surface area (Å²) < 4.78 is 22.9. The third-order valence-electron chi connectivity index (χ3n) is 6.92. The van der Waals surface area contributed by atoms with Crippen LogP contribution in [0.2, 0.25) is 5.02 Å². The maximum absolute atomic E-state index is 15.2. The van der Waals surface area contributed by atoms with Crippen molar-refractivity contribution >= 4 is 34.3 Å². The van der Waals surface area contributed by atoms with E-state index in [1.54, 1.807) is 36.7 Å². The Hall–Kier alpha value is -3.55. The van der Waals surface area contributed by atoms with Gasteiger partial charge in [0, 0.05) is 46.8 Å². The summed E-state index contributed by atoms with van der Waals surface area (Å²) in [5.41, 5.74) is 1.38. The summed E-state index contributed by atoms with van der Waals surface area (Å²) in [4.78, 5) is 31.3. The van der Waals surface area contributed by atoms with Gasteiger partial charge in [-0.2, -0.15) is 0 Å². The third-order valence-corrected chi connectivity index (χ3v) is 7.16. The van der Waals surface area contributed by atoms with Crippen LogP contribution in [0.4, 0.5) is 4.39 Å². The van der Waals surface area contributed by atoms with E-state index in [-0.39, 0.29) is 11.1 Å². The van der Waals surface area contributed by atoms with Gasteiger partial charge in [-0.15, -0.1) is 0 Å². The van der Waals surface area contributed by atoms with Crippen molar-refractivity contribution < 1.29 is 18.7 Å². The van der Waals surface area contributed by atoms with E-state index in [4.69, 9.17) is 16.3 Å². The highest BCUT2D eigenvalue weighted by Crippen LogP contribution is 2.45.